The molecule has 0 aliphatic heterocycles. The van der Waals surface area contributed by atoms with Gasteiger partial charge in [0.2, 0.25) is 0 Å². The lowest BCUT2D eigenvalue weighted by molar-refractivity contribution is -0.389. The predicted molar refractivity (Wildman–Crippen MR) is 150 cm³/mol. The molecule has 5 nitrogen and oxygen atoms in total. The molecule has 43 heavy (non-hydrogen) atoms. The van der Waals surface area contributed by atoms with Crippen LogP contribution in [0.1, 0.15) is 31.8 Å². The molecule has 0 aromatic heterocycles. The molecule has 1 unspecified atom stereocenters. The van der Waals surface area contributed by atoms with E-state index in [2.05, 4.69) is 5.32 Å². The molecule has 1 atom stereocenters. The SMILES string of the molecule is CN(C(=O)c1cccc(C#N)c1)c1cccc(C(=O)Nc2c(I)cc(C(F)(C(F)(F)F)C(F)(F)C(F)(F)F)cc2I)c1F. The average molecular weight is 843 g/mol. The topological polar surface area (TPSA) is 73.2 Å². The Bertz CT molecular complexity index is 1610. The van der Waals surface area contributed by atoms with Crippen LogP contribution in [0.25, 0.3) is 0 Å². The highest BCUT2D eigenvalue weighted by Crippen LogP contribution is 2.58. The second-order valence-corrected chi connectivity index (χ2v) is 11.0. The zero-order chi connectivity index (χ0) is 32.7. The lowest BCUT2D eigenvalue weighted by atomic mass is 9.87. The molecule has 0 aliphatic carbocycles. The zero-order valence-corrected chi connectivity index (χ0v) is 25.3. The minimum atomic E-state index is -6.92. The number of nitrogens with one attached hydrogen (secondary N) is 1. The molecular formula is C26H13F10I2N3O2. The first-order valence-electron chi connectivity index (χ1n) is 11.3. The molecule has 0 fully saturated rings. The van der Waals surface area contributed by atoms with Crippen molar-refractivity contribution < 1.29 is 53.5 Å². The number of rotatable bonds is 6. The summed E-state index contributed by atoms with van der Waals surface area (Å²) in [6, 6.07) is 10.7. The van der Waals surface area contributed by atoms with Gasteiger partial charge < -0.3 is 10.2 Å². The van der Waals surface area contributed by atoms with Crippen LogP contribution in [0, 0.1) is 24.3 Å². The Morgan fingerprint density at radius 1 is 0.860 bits per heavy atom. The summed E-state index contributed by atoms with van der Waals surface area (Å²) in [5.41, 5.74) is -9.66. The summed E-state index contributed by atoms with van der Waals surface area (Å²) in [6.45, 7) is 0. The van der Waals surface area contributed by atoms with Gasteiger partial charge in [-0.05, 0) is 87.6 Å². The van der Waals surface area contributed by atoms with Crippen molar-refractivity contribution in [2.75, 3.05) is 17.3 Å². The van der Waals surface area contributed by atoms with Gasteiger partial charge in [-0.3, -0.25) is 9.59 Å². The van der Waals surface area contributed by atoms with Crippen LogP contribution in [0.15, 0.2) is 54.6 Å². The molecule has 0 bridgehead atoms. The molecule has 0 spiro atoms. The van der Waals surface area contributed by atoms with Gasteiger partial charge in [0.25, 0.3) is 11.8 Å². The Kier molecular flexibility index (Phi) is 9.66. The van der Waals surface area contributed by atoms with Crippen molar-refractivity contribution in [3.63, 3.8) is 0 Å². The maximum absolute atomic E-state index is 15.4. The van der Waals surface area contributed by atoms with Crippen molar-refractivity contribution in [1.29, 1.82) is 5.26 Å². The molecule has 17 heteroatoms. The standard InChI is InChI=1S/C26H13F10I2N3O2/c1-41(22(43)13-5-2-4-12(8-13)11-39)18-7-3-6-15(19(18)27)21(42)40-20-16(37)9-14(10-17(20)38)23(28,25(31,32)33)24(29,30)26(34,35)36/h2-10H,1H3,(H,40,42). The van der Waals surface area contributed by atoms with Crippen LogP contribution in [0.3, 0.4) is 0 Å². The molecular weight excluding hydrogens is 830 g/mol. The summed E-state index contributed by atoms with van der Waals surface area (Å²) < 4.78 is 136. The summed E-state index contributed by atoms with van der Waals surface area (Å²) in [5.74, 6) is -10.1. The molecule has 0 heterocycles. The van der Waals surface area contributed by atoms with E-state index in [0.717, 1.165) is 17.0 Å². The number of anilines is 2. The molecule has 0 radical (unpaired) electrons. The lowest BCUT2D eigenvalue weighted by Crippen LogP contribution is -2.59. The van der Waals surface area contributed by atoms with Gasteiger partial charge in [0.1, 0.15) is 0 Å². The minimum Gasteiger partial charge on any atom is -0.320 e. The van der Waals surface area contributed by atoms with Gasteiger partial charge in [0.15, 0.2) is 5.82 Å². The third-order valence-corrected chi connectivity index (χ3v) is 7.69. The van der Waals surface area contributed by atoms with E-state index in [0.29, 0.717) is 0 Å². The maximum atomic E-state index is 15.4. The number of nitriles is 1. The molecule has 3 aromatic rings. The summed E-state index contributed by atoms with van der Waals surface area (Å²) in [7, 11) is 1.17. The summed E-state index contributed by atoms with van der Waals surface area (Å²) in [4.78, 5) is 26.6. The number of carbonyl (C=O) groups excluding carboxylic acids is 2. The van der Waals surface area contributed by atoms with E-state index in [1.807, 2.05) is 6.07 Å². The number of amides is 2. The molecule has 3 rings (SSSR count). The average Bonchev–Trinajstić information content (AvgIpc) is 2.92. The van der Waals surface area contributed by atoms with E-state index in [-0.39, 0.29) is 23.3 Å². The number of alkyl halides is 9. The second-order valence-electron chi connectivity index (χ2n) is 8.69. The molecule has 3 aromatic carbocycles. The van der Waals surface area contributed by atoms with Gasteiger partial charge in [0, 0.05) is 25.3 Å². The Balaban J connectivity index is 2.00. The third kappa shape index (κ3) is 6.25. The van der Waals surface area contributed by atoms with E-state index < -0.39 is 71.2 Å². The summed E-state index contributed by atoms with van der Waals surface area (Å²) in [6.07, 6.45) is -13.6. The van der Waals surface area contributed by atoms with Crippen LogP contribution in [-0.2, 0) is 5.67 Å². The molecule has 0 saturated carbocycles. The van der Waals surface area contributed by atoms with Crippen LogP contribution < -0.4 is 10.2 Å². The van der Waals surface area contributed by atoms with Crippen LogP contribution in [-0.4, -0.2) is 37.1 Å². The number of halogens is 12. The van der Waals surface area contributed by atoms with Crippen molar-refractivity contribution in [2.24, 2.45) is 0 Å². The van der Waals surface area contributed by atoms with Gasteiger partial charge in [-0.1, -0.05) is 12.1 Å². The van der Waals surface area contributed by atoms with Crippen LogP contribution >= 0.6 is 45.2 Å². The fourth-order valence-electron chi connectivity index (χ4n) is 3.77. The van der Waals surface area contributed by atoms with Crippen LogP contribution in [0.4, 0.5) is 55.3 Å². The third-order valence-electron chi connectivity index (χ3n) is 5.99. The fourth-order valence-corrected chi connectivity index (χ4v) is 5.81. The fraction of sp³-hybridized carbons (Fsp3) is 0.192. The highest BCUT2D eigenvalue weighted by molar-refractivity contribution is 14.1. The first-order valence-corrected chi connectivity index (χ1v) is 13.4. The molecule has 0 saturated heterocycles. The van der Waals surface area contributed by atoms with E-state index in [9.17, 15) is 49.1 Å². The van der Waals surface area contributed by atoms with Gasteiger partial charge >= 0.3 is 23.9 Å². The van der Waals surface area contributed by atoms with Crippen LogP contribution in [0.5, 0.6) is 0 Å². The molecule has 0 aliphatic rings. The largest absolute Gasteiger partial charge is 0.457 e. The normalized spacial score (nSPS) is 13.6. The summed E-state index contributed by atoms with van der Waals surface area (Å²) >= 11 is 2.36. The summed E-state index contributed by atoms with van der Waals surface area (Å²) in [5, 5.41) is 11.1. The maximum Gasteiger partial charge on any atom is 0.457 e. The number of carbonyl (C=O) groups is 2. The first-order chi connectivity index (χ1) is 19.7. The Hall–Kier alpha value is -3.15. The molecule has 228 valence electrons. The number of hydrogen-bond acceptors (Lipinski definition) is 3. The Labute approximate surface area is 263 Å². The second kappa shape index (κ2) is 12.1. The van der Waals surface area contributed by atoms with E-state index in [1.54, 1.807) is 0 Å². The monoisotopic (exact) mass is 843 g/mol. The van der Waals surface area contributed by atoms with Gasteiger partial charge in [-0.2, -0.15) is 40.4 Å². The molecule has 2 amide bonds. The van der Waals surface area contributed by atoms with Gasteiger partial charge in [-0.15, -0.1) is 0 Å². The van der Waals surface area contributed by atoms with Crippen molar-refractivity contribution in [1.82, 2.24) is 0 Å². The smallest absolute Gasteiger partial charge is 0.320 e. The quantitative estimate of drug-likeness (QED) is 0.201. The van der Waals surface area contributed by atoms with Crippen molar-refractivity contribution in [3.05, 3.63) is 89.8 Å². The van der Waals surface area contributed by atoms with Crippen molar-refractivity contribution in [2.45, 2.75) is 23.9 Å². The van der Waals surface area contributed by atoms with Gasteiger partial charge in [0.05, 0.1) is 28.6 Å². The van der Waals surface area contributed by atoms with E-state index >= 15 is 4.39 Å². The Morgan fingerprint density at radius 3 is 1.93 bits per heavy atom. The number of hydrogen-bond donors (Lipinski definition) is 1. The first kappa shape index (κ1) is 34.3. The molecule has 1 N–H and O–H groups in total. The van der Waals surface area contributed by atoms with Gasteiger partial charge in [-0.25, -0.2) is 8.78 Å². The van der Waals surface area contributed by atoms with E-state index in [4.69, 9.17) is 5.26 Å². The highest BCUT2D eigenvalue weighted by Gasteiger charge is 2.81. The van der Waals surface area contributed by atoms with E-state index in [1.165, 1.54) is 82.6 Å². The highest BCUT2D eigenvalue weighted by atomic mass is 127. The number of benzene rings is 3. The van der Waals surface area contributed by atoms with Crippen molar-refractivity contribution in [3.8, 4) is 6.07 Å². The number of nitrogens with zero attached hydrogens (tertiary/aromatic N) is 2. The Morgan fingerprint density at radius 2 is 1.42 bits per heavy atom. The minimum absolute atomic E-state index is 0.0129. The zero-order valence-electron chi connectivity index (χ0n) is 20.9. The van der Waals surface area contributed by atoms with Crippen molar-refractivity contribution >= 4 is 68.4 Å². The lowest BCUT2D eigenvalue weighted by Gasteiger charge is -2.36. The van der Waals surface area contributed by atoms with Crippen LogP contribution in [0.2, 0.25) is 0 Å². The predicted octanol–water partition coefficient (Wildman–Crippen LogP) is 8.36.